The van der Waals surface area contributed by atoms with Gasteiger partial charge in [0.2, 0.25) is 0 Å². The molecule has 28 heavy (non-hydrogen) atoms. The van der Waals surface area contributed by atoms with Crippen molar-refractivity contribution in [3.05, 3.63) is 54.1 Å². The third kappa shape index (κ3) is 5.10. The summed E-state index contributed by atoms with van der Waals surface area (Å²) in [6.45, 7) is 8.62. The lowest BCUT2D eigenvalue weighted by Gasteiger charge is -2.36. The van der Waals surface area contributed by atoms with Crippen LogP contribution in [0.3, 0.4) is 0 Å². The van der Waals surface area contributed by atoms with Crippen molar-refractivity contribution < 1.29 is 14.3 Å². The Hall–Kier alpha value is -2.86. The van der Waals surface area contributed by atoms with Gasteiger partial charge >= 0.3 is 0 Å². The number of hydrogen-bond donors (Lipinski definition) is 1. The third-order valence-corrected chi connectivity index (χ3v) is 4.97. The Morgan fingerprint density at radius 1 is 1.00 bits per heavy atom. The van der Waals surface area contributed by atoms with Crippen molar-refractivity contribution in [2.75, 3.05) is 49.5 Å². The quantitative estimate of drug-likeness (QED) is 0.747. The van der Waals surface area contributed by atoms with Gasteiger partial charge in [0.05, 0.1) is 11.4 Å². The number of piperazine rings is 1. The number of Topliss-reactive ketones (excluding diaryl/α,β-unsaturated/α-hetero) is 1. The van der Waals surface area contributed by atoms with Gasteiger partial charge in [-0.05, 0) is 49.9 Å². The average molecular weight is 381 g/mol. The predicted molar refractivity (Wildman–Crippen MR) is 111 cm³/mol. The molecule has 0 radical (unpaired) electrons. The first-order chi connectivity index (χ1) is 13.6. The van der Waals surface area contributed by atoms with Crippen molar-refractivity contribution >= 4 is 23.1 Å². The molecule has 0 aliphatic carbocycles. The van der Waals surface area contributed by atoms with Gasteiger partial charge in [0.15, 0.2) is 12.4 Å². The van der Waals surface area contributed by atoms with Crippen LogP contribution in [0, 0.1) is 0 Å². The van der Waals surface area contributed by atoms with E-state index in [0.29, 0.717) is 11.3 Å². The molecule has 2 aromatic rings. The third-order valence-electron chi connectivity index (χ3n) is 4.97. The van der Waals surface area contributed by atoms with E-state index < -0.39 is 0 Å². The zero-order chi connectivity index (χ0) is 19.9. The minimum atomic E-state index is -0.213. The van der Waals surface area contributed by atoms with E-state index in [1.54, 1.807) is 24.3 Å². The molecule has 0 unspecified atom stereocenters. The van der Waals surface area contributed by atoms with Crippen LogP contribution in [-0.4, -0.2) is 55.9 Å². The number of rotatable bonds is 7. The topological polar surface area (TPSA) is 61.9 Å². The van der Waals surface area contributed by atoms with Crippen LogP contribution in [0.15, 0.2) is 48.5 Å². The number of ketones is 1. The van der Waals surface area contributed by atoms with E-state index in [2.05, 4.69) is 22.0 Å². The van der Waals surface area contributed by atoms with Crippen LogP contribution < -0.4 is 15.0 Å². The minimum Gasteiger partial charge on any atom is -0.484 e. The summed E-state index contributed by atoms with van der Waals surface area (Å²) in [7, 11) is 0. The summed E-state index contributed by atoms with van der Waals surface area (Å²) in [5, 5.41) is 2.96. The van der Waals surface area contributed by atoms with Crippen molar-refractivity contribution in [3.63, 3.8) is 0 Å². The van der Waals surface area contributed by atoms with Gasteiger partial charge in [0.1, 0.15) is 5.75 Å². The molecule has 3 rings (SSSR count). The van der Waals surface area contributed by atoms with Crippen LogP contribution in [0.1, 0.15) is 24.2 Å². The zero-order valence-electron chi connectivity index (χ0n) is 16.5. The number of amides is 1. The number of carbonyl (C=O) groups is 2. The Labute approximate surface area is 166 Å². The maximum atomic E-state index is 12.4. The number of likely N-dealkylation sites (N-methyl/N-ethyl adjacent to an activating group) is 1. The van der Waals surface area contributed by atoms with E-state index in [9.17, 15) is 9.59 Å². The molecule has 2 aromatic carbocycles. The summed E-state index contributed by atoms with van der Waals surface area (Å²) in [5.41, 5.74) is 2.46. The smallest absolute Gasteiger partial charge is 0.262 e. The normalized spacial score (nSPS) is 14.6. The Morgan fingerprint density at radius 2 is 1.68 bits per heavy atom. The molecular weight excluding hydrogens is 354 g/mol. The van der Waals surface area contributed by atoms with Gasteiger partial charge in [0, 0.05) is 31.7 Å². The van der Waals surface area contributed by atoms with Crippen molar-refractivity contribution in [2.45, 2.75) is 13.8 Å². The molecule has 148 valence electrons. The molecule has 0 bridgehead atoms. The molecule has 0 aromatic heterocycles. The molecule has 1 aliphatic heterocycles. The van der Waals surface area contributed by atoms with E-state index in [0.717, 1.165) is 44.1 Å². The van der Waals surface area contributed by atoms with Crippen LogP contribution in [0.25, 0.3) is 0 Å². The van der Waals surface area contributed by atoms with Gasteiger partial charge in [-0.15, -0.1) is 0 Å². The number of para-hydroxylation sites is 2. The second kappa shape index (κ2) is 9.37. The molecule has 0 spiro atoms. The lowest BCUT2D eigenvalue weighted by Crippen LogP contribution is -2.46. The van der Waals surface area contributed by atoms with Gasteiger partial charge in [-0.3, -0.25) is 9.59 Å². The standard InChI is InChI=1S/C22H27N3O3/c1-3-24-12-14-25(15-13-24)21-7-5-4-6-20(21)23-22(27)16-28-19-10-8-18(9-11-19)17(2)26/h4-11H,3,12-16H2,1-2H3,(H,23,27). The minimum absolute atomic E-state index is 0.000621. The van der Waals surface area contributed by atoms with Crippen molar-refractivity contribution in [1.29, 1.82) is 0 Å². The van der Waals surface area contributed by atoms with Crippen LogP contribution in [0.4, 0.5) is 11.4 Å². The second-order valence-electron chi connectivity index (χ2n) is 6.86. The SMILES string of the molecule is CCN1CCN(c2ccccc2NC(=O)COc2ccc(C(C)=O)cc2)CC1. The fraction of sp³-hybridized carbons (Fsp3) is 0.364. The number of benzene rings is 2. The summed E-state index contributed by atoms with van der Waals surface area (Å²) in [4.78, 5) is 28.4. The number of nitrogens with zero attached hydrogens (tertiary/aromatic N) is 2. The first-order valence-corrected chi connectivity index (χ1v) is 9.67. The summed E-state index contributed by atoms with van der Waals surface area (Å²) < 4.78 is 5.55. The highest BCUT2D eigenvalue weighted by atomic mass is 16.5. The molecule has 1 fully saturated rings. The lowest BCUT2D eigenvalue weighted by atomic mass is 10.1. The number of nitrogens with one attached hydrogen (secondary N) is 1. The van der Waals surface area contributed by atoms with Gasteiger partial charge in [-0.2, -0.15) is 0 Å². The molecule has 1 amide bonds. The maximum Gasteiger partial charge on any atom is 0.262 e. The van der Waals surface area contributed by atoms with Gasteiger partial charge < -0.3 is 19.9 Å². The fourth-order valence-corrected chi connectivity index (χ4v) is 3.28. The first-order valence-electron chi connectivity index (χ1n) is 9.67. The summed E-state index contributed by atoms with van der Waals surface area (Å²) in [5.74, 6) is 0.347. The van der Waals surface area contributed by atoms with E-state index in [4.69, 9.17) is 4.74 Å². The van der Waals surface area contributed by atoms with E-state index in [1.807, 2.05) is 24.3 Å². The number of carbonyl (C=O) groups excluding carboxylic acids is 2. The summed E-state index contributed by atoms with van der Waals surface area (Å²) in [6.07, 6.45) is 0. The summed E-state index contributed by atoms with van der Waals surface area (Å²) in [6, 6.07) is 14.7. The van der Waals surface area contributed by atoms with Gasteiger partial charge in [-0.1, -0.05) is 19.1 Å². The van der Waals surface area contributed by atoms with Crippen LogP contribution in [-0.2, 0) is 4.79 Å². The largest absolute Gasteiger partial charge is 0.484 e. The monoisotopic (exact) mass is 381 g/mol. The molecule has 0 saturated carbocycles. The van der Waals surface area contributed by atoms with E-state index in [1.165, 1.54) is 6.92 Å². The van der Waals surface area contributed by atoms with Crippen LogP contribution in [0.2, 0.25) is 0 Å². The highest BCUT2D eigenvalue weighted by Gasteiger charge is 2.18. The molecule has 1 N–H and O–H groups in total. The Bertz CT molecular complexity index is 812. The Morgan fingerprint density at radius 3 is 2.32 bits per heavy atom. The second-order valence-corrected chi connectivity index (χ2v) is 6.86. The number of hydrogen-bond acceptors (Lipinski definition) is 5. The lowest BCUT2D eigenvalue weighted by molar-refractivity contribution is -0.118. The number of anilines is 2. The highest BCUT2D eigenvalue weighted by molar-refractivity contribution is 5.95. The maximum absolute atomic E-state index is 12.4. The number of ether oxygens (including phenoxy) is 1. The molecule has 1 saturated heterocycles. The molecule has 1 aliphatic rings. The van der Waals surface area contributed by atoms with Crippen molar-refractivity contribution in [3.8, 4) is 5.75 Å². The predicted octanol–water partition coefficient (Wildman–Crippen LogP) is 3.05. The molecule has 0 atom stereocenters. The average Bonchev–Trinajstić information content (AvgIpc) is 2.73. The Kier molecular flexibility index (Phi) is 6.66. The molecule has 1 heterocycles. The zero-order valence-corrected chi connectivity index (χ0v) is 16.5. The molecule has 6 nitrogen and oxygen atoms in total. The van der Waals surface area contributed by atoms with Gasteiger partial charge in [-0.25, -0.2) is 0 Å². The molecular formula is C22H27N3O3. The first kappa shape index (κ1) is 19.9. The highest BCUT2D eigenvalue weighted by Crippen LogP contribution is 2.26. The van der Waals surface area contributed by atoms with Crippen LogP contribution >= 0.6 is 0 Å². The molecule has 6 heteroatoms. The van der Waals surface area contributed by atoms with Crippen LogP contribution in [0.5, 0.6) is 5.75 Å². The van der Waals surface area contributed by atoms with Gasteiger partial charge in [0.25, 0.3) is 5.91 Å². The van der Waals surface area contributed by atoms with E-state index >= 15 is 0 Å². The van der Waals surface area contributed by atoms with E-state index in [-0.39, 0.29) is 18.3 Å². The Balaban J connectivity index is 1.57. The summed E-state index contributed by atoms with van der Waals surface area (Å²) >= 11 is 0. The van der Waals surface area contributed by atoms with Crippen molar-refractivity contribution in [1.82, 2.24) is 4.90 Å². The van der Waals surface area contributed by atoms with Crippen molar-refractivity contribution in [2.24, 2.45) is 0 Å². The fourth-order valence-electron chi connectivity index (χ4n) is 3.28.